The summed E-state index contributed by atoms with van der Waals surface area (Å²) >= 11 is 3.49. The zero-order chi connectivity index (χ0) is 11.6. The van der Waals surface area contributed by atoms with Gasteiger partial charge in [-0.25, -0.2) is 0 Å². The third kappa shape index (κ3) is 5.49. The normalized spacial score (nSPS) is 10.4. The first-order chi connectivity index (χ1) is 7.84. The molecule has 0 aliphatic carbocycles. The van der Waals surface area contributed by atoms with E-state index in [1.807, 2.05) is 18.2 Å². The molecule has 1 aromatic rings. The summed E-state index contributed by atoms with van der Waals surface area (Å²) in [4.78, 5) is 0. The highest BCUT2D eigenvalue weighted by atomic mass is 79.9. The second-order valence-corrected chi connectivity index (χ2v) is 4.22. The van der Waals surface area contributed by atoms with Crippen LogP contribution in [0.5, 0.6) is 0 Å². The summed E-state index contributed by atoms with van der Waals surface area (Å²) in [6.07, 6.45) is 0.991. The van der Waals surface area contributed by atoms with Crippen molar-refractivity contribution in [2.24, 2.45) is 0 Å². The maximum atomic E-state index is 5.37. The molecule has 0 saturated heterocycles. The quantitative estimate of drug-likeness (QED) is 0.746. The van der Waals surface area contributed by atoms with Gasteiger partial charge in [0.15, 0.2) is 0 Å². The van der Waals surface area contributed by atoms with Gasteiger partial charge in [0, 0.05) is 30.4 Å². The third-order valence-electron chi connectivity index (χ3n) is 2.09. The van der Waals surface area contributed by atoms with Crippen molar-refractivity contribution in [1.82, 2.24) is 0 Å². The number of halogens is 1. The first kappa shape index (κ1) is 13.5. The minimum absolute atomic E-state index is 0.664. The molecule has 0 radical (unpaired) electrons. The Morgan fingerprint density at radius 2 is 2.00 bits per heavy atom. The smallest absolute Gasteiger partial charge is 0.0700 e. The molecule has 0 spiro atoms. The molecule has 0 heterocycles. The van der Waals surface area contributed by atoms with E-state index in [0.29, 0.717) is 13.2 Å². The summed E-state index contributed by atoms with van der Waals surface area (Å²) in [5.74, 6) is 0. The van der Waals surface area contributed by atoms with Crippen LogP contribution in [0.4, 0.5) is 5.69 Å². The van der Waals surface area contributed by atoms with Crippen LogP contribution in [0.2, 0.25) is 0 Å². The lowest BCUT2D eigenvalue weighted by Gasteiger charge is -2.08. The van der Waals surface area contributed by atoms with Gasteiger partial charge in [0.05, 0.1) is 13.2 Å². The van der Waals surface area contributed by atoms with E-state index in [4.69, 9.17) is 9.47 Å². The highest BCUT2D eigenvalue weighted by molar-refractivity contribution is 9.10. The number of benzene rings is 1. The van der Waals surface area contributed by atoms with Crippen molar-refractivity contribution in [2.75, 3.05) is 38.8 Å². The third-order valence-corrected chi connectivity index (χ3v) is 2.78. The van der Waals surface area contributed by atoms with Gasteiger partial charge in [-0.15, -0.1) is 0 Å². The minimum atomic E-state index is 0.664. The van der Waals surface area contributed by atoms with E-state index in [2.05, 4.69) is 27.3 Å². The fourth-order valence-electron chi connectivity index (χ4n) is 1.25. The molecule has 3 nitrogen and oxygen atoms in total. The molecule has 0 amide bonds. The molecule has 0 aromatic heterocycles. The average Bonchev–Trinajstić information content (AvgIpc) is 2.30. The van der Waals surface area contributed by atoms with Gasteiger partial charge in [0.25, 0.3) is 0 Å². The van der Waals surface area contributed by atoms with Crippen LogP contribution in [0, 0.1) is 0 Å². The standard InChI is InChI=1S/C12H18BrNO2/c1-15-9-10-16-8-4-7-14-12-6-3-2-5-11(12)13/h2-3,5-6,14H,4,7-10H2,1H3. The van der Waals surface area contributed by atoms with Crippen LogP contribution in [-0.4, -0.2) is 33.5 Å². The Kier molecular flexibility index (Phi) is 7.21. The van der Waals surface area contributed by atoms with E-state index in [1.54, 1.807) is 7.11 Å². The summed E-state index contributed by atoms with van der Waals surface area (Å²) in [6, 6.07) is 8.10. The minimum Gasteiger partial charge on any atom is -0.384 e. The Bertz CT molecular complexity index is 294. The zero-order valence-electron chi connectivity index (χ0n) is 9.54. The van der Waals surface area contributed by atoms with Gasteiger partial charge in [-0.1, -0.05) is 12.1 Å². The molecule has 16 heavy (non-hydrogen) atoms. The van der Waals surface area contributed by atoms with Gasteiger partial charge >= 0.3 is 0 Å². The highest BCUT2D eigenvalue weighted by Crippen LogP contribution is 2.20. The molecule has 1 rings (SSSR count). The average molecular weight is 288 g/mol. The molecule has 4 heteroatoms. The van der Waals surface area contributed by atoms with Crippen molar-refractivity contribution >= 4 is 21.6 Å². The van der Waals surface area contributed by atoms with Gasteiger partial charge in [0.2, 0.25) is 0 Å². The molecule has 90 valence electrons. The summed E-state index contributed by atoms with van der Waals surface area (Å²) in [6.45, 7) is 3.01. The number of hydrogen-bond acceptors (Lipinski definition) is 3. The number of hydrogen-bond donors (Lipinski definition) is 1. The Labute approximate surface area is 105 Å². The first-order valence-electron chi connectivity index (χ1n) is 5.39. The van der Waals surface area contributed by atoms with Crippen LogP contribution in [0.25, 0.3) is 0 Å². The van der Waals surface area contributed by atoms with Crippen molar-refractivity contribution < 1.29 is 9.47 Å². The number of methoxy groups -OCH3 is 1. The largest absolute Gasteiger partial charge is 0.384 e. The van der Waals surface area contributed by atoms with E-state index in [-0.39, 0.29) is 0 Å². The molecule has 0 saturated carbocycles. The summed E-state index contributed by atoms with van der Waals surface area (Å²) in [5.41, 5.74) is 1.12. The van der Waals surface area contributed by atoms with Gasteiger partial charge in [0.1, 0.15) is 0 Å². The SMILES string of the molecule is COCCOCCCNc1ccccc1Br. The topological polar surface area (TPSA) is 30.5 Å². The molecular formula is C12H18BrNO2. The monoisotopic (exact) mass is 287 g/mol. The number of anilines is 1. The number of rotatable bonds is 8. The van der Waals surface area contributed by atoms with E-state index in [0.717, 1.165) is 29.7 Å². The molecule has 0 atom stereocenters. The van der Waals surface area contributed by atoms with Gasteiger partial charge < -0.3 is 14.8 Å². The molecule has 1 N–H and O–H groups in total. The Morgan fingerprint density at radius 3 is 2.75 bits per heavy atom. The number of para-hydroxylation sites is 1. The Hall–Kier alpha value is -0.580. The van der Waals surface area contributed by atoms with Crippen molar-refractivity contribution in [3.05, 3.63) is 28.7 Å². The first-order valence-corrected chi connectivity index (χ1v) is 6.19. The van der Waals surface area contributed by atoms with Crippen LogP contribution in [-0.2, 0) is 9.47 Å². The molecular weight excluding hydrogens is 270 g/mol. The van der Waals surface area contributed by atoms with Gasteiger partial charge in [-0.05, 0) is 34.5 Å². The molecule has 0 aliphatic heterocycles. The zero-order valence-corrected chi connectivity index (χ0v) is 11.1. The van der Waals surface area contributed by atoms with Gasteiger partial charge in [-0.2, -0.15) is 0 Å². The van der Waals surface area contributed by atoms with Crippen molar-refractivity contribution in [3.8, 4) is 0 Å². The lowest BCUT2D eigenvalue weighted by atomic mass is 10.3. The van der Waals surface area contributed by atoms with Crippen molar-refractivity contribution in [3.63, 3.8) is 0 Å². The molecule has 0 fully saturated rings. The van der Waals surface area contributed by atoms with Crippen molar-refractivity contribution in [2.45, 2.75) is 6.42 Å². The Balaban J connectivity index is 2.05. The van der Waals surface area contributed by atoms with E-state index in [1.165, 1.54) is 0 Å². The van der Waals surface area contributed by atoms with Crippen molar-refractivity contribution in [1.29, 1.82) is 0 Å². The predicted octanol–water partition coefficient (Wildman–Crippen LogP) is 2.91. The second-order valence-electron chi connectivity index (χ2n) is 3.37. The van der Waals surface area contributed by atoms with E-state index < -0.39 is 0 Å². The molecule has 0 aliphatic rings. The summed E-state index contributed by atoms with van der Waals surface area (Å²) in [5, 5.41) is 3.35. The summed E-state index contributed by atoms with van der Waals surface area (Å²) in [7, 11) is 1.68. The number of ether oxygens (including phenoxy) is 2. The van der Waals surface area contributed by atoms with Crippen LogP contribution < -0.4 is 5.32 Å². The molecule has 1 aromatic carbocycles. The summed E-state index contributed by atoms with van der Waals surface area (Å²) < 4.78 is 11.3. The fourth-order valence-corrected chi connectivity index (χ4v) is 1.67. The van der Waals surface area contributed by atoms with Gasteiger partial charge in [-0.3, -0.25) is 0 Å². The molecule has 0 bridgehead atoms. The molecule has 0 unspecified atom stereocenters. The second kappa shape index (κ2) is 8.56. The predicted molar refractivity (Wildman–Crippen MR) is 69.9 cm³/mol. The Morgan fingerprint density at radius 1 is 1.19 bits per heavy atom. The highest BCUT2D eigenvalue weighted by Gasteiger charge is 1.96. The lowest BCUT2D eigenvalue weighted by Crippen LogP contribution is -2.08. The lowest BCUT2D eigenvalue weighted by molar-refractivity contribution is 0.0705. The van der Waals surface area contributed by atoms with Crippen LogP contribution in [0.15, 0.2) is 28.7 Å². The number of nitrogens with one attached hydrogen (secondary N) is 1. The van der Waals surface area contributed by atoms with E-state index >= 15 is 0 Å². The van der Waals surface area contributed by atoms with Crippen LogP contribution in [0.1, 0.15) is 6.42 Å². The van der Waals surface area contributed by atoms with Crippen LogP contribution in [0.3, 0.4) is 0 Å². The van der Waals surface area contributed by atoms with Crippen LogP contribution >= 0.6 is 15.9 Å². The van der Waals surface area contributed by atoms with E-state index in [9.17, 15) is 0 Å². The fraction of sp³-hybridized carbons (Fsp3) is 0.500. The maximum absolute atomic E-state index is 5.37. The maximum Gasteiger partial charge on any atom is 0.0700 e.